The third kappa shape index (κ3) is 5.53. The highest BCUT2D eigenvalue weighted by molar-refractivity contribution is 9.10. The Morgan fingerprint density at radius 2 is 2.03 bits per heavy atom. The van der Waals surface area contributed by atoms with E-state index in [9.17, 15) is 14.4 Å². The summed E-state index contributed by atoms with van der Waals surface area (Å²) in [6.07, 6.45) is 1.72. The highest BCUT2D eigenvalue weighted by Crippen LogP contribution is 2.34. The number of halogens is 1. The van der Waals surface area contributed by atoms with Gasteiger partial charge in [-0.05, 0) is 69.7 Å². The van der Waals surface area contributed by atoms with Gasteiger partial charge < -0.3 is 14.6 Å². The molecule has 1 heterocycles. The summed E-state index contributed by atoms with van der Waals surface area (Å²) >= 11 is 4.58. The van der Waals surface area contributed by atoms with Crippen LogP contribution in [0.3, 0.4) is 0 Å². The molecule has 0 spiro atoms. The standard InChI is InChI=1S/C21H17BrN2O6S/c1-24-19(26)17(31-21(24)23-14-5-3-4-13(10-14)20(27)28)9-12-6-7-16(15(22)8-12)30-11-18(25)29-2/h3-10H,11H2,1-2H3,(H,27,28)/b17-9+,23-21?. The number of hydrogen-bond donors (Lipinski definition) is 1. The fourth-order valence-electron chi connectivity index (χ4n) is 2.54. The summed E-state index contributed by atoms with van der Waals surface area (Å²) in [5.41, 5.74) is 1.31. The summed E-state index contributed by atoms with van der Waals surface area (Å²) < 4.78 is 10.5. The molecule has 2 aromatic carbocycles. The number of esters is 1. The zero-order chi connectivity index (χ0) is 22.5. The second-order valence-electron chi connectivity index (χ2n) is 6.28. The number of carboxylic acid groups (broad SMARTS) is 1. The minimum absolute atomic E-state index is 0.119. The number of carbonyl (C=O) groups excluding carboxylic acids is 2. The number of amides is 1. The van der Waals surface area contributed by atoms with Crippen molar-refractivity contribution < 1.29 is 29.0 Å². The molecule has 1 aliphatic rings. The number of methoxy groups -OCH3 is 1. The molecular formula is C21H17BrN2O6S. The first-order chi connectivity index (χ1) is 14.8. The Labute approximate surface area is 190 Å². The van der Waals surface area contributed by atoms with Crippen LogP contribution < -0.4 is 4.74 Å². The lowest BCUT2D eigenvalue weighted by atomic mass is 10.2. The first-order valence-corrected chi connectivity index (χ1v) is 10.5. The maximum atomic E-state index is 12.6. The maximum absolute atomic E-state index is 12.6. The number of carbonyl (C=O) groups is 3. The Hall–Kier alpha value is -3.11. The Morgan fingerprint density at radius 3 is 2.71 bits per heavy atom. The minimum atomic E-state index is -1.05. The number of aromatic carboxylic acids is 1. The van der Waals surface area contributed by atoms with Crippen LogP contribution in [0.25, 0.3) is 6.08 Å². The van der Waals surface area contributed by atoms with Gasteiger partial charge in [-0.2, -0.15) is 0 Å². The SMILES string of the molecule is COC(=O)COc1ccc(/C=C2/SC(=Nc3cccc(C(=O)O)c3)N(C)C2=O)cc1Br. The zero-order valence-electron chi connectivity index (χ0n) is 16.5. The van der Waals surface area contributed by atoms with E-state index in [0.29, 0.717) is 26.0 Å². The summed E-state index contributed by atoms with van der Waals surface area (Å²) in [5, 5.41) is 9.56. The largest absolute Gasteiger partial charge is 0.481 e. The molecule has 0 bridgehead atoms. The molecule has 0 unspecified atom stereocenters. The summed E-state index contributed by atoms with van der Waals surface area (Å²) in [7, 11) is 2.89. The maximum Gasteiger partial charge on any atom is 0.343 e. The number of aliphatic imine (C=N–C) groups is 1. The van der Waals surface area contributed by atoms with E-state index in [2.05, 4.69) is 25.7 Å². The van der Waals surface area contributed by atoms with Crippen molar-refractivity contribution in [2.45, 2.75) is 0 Å². The second-order valence-corrected chi connectivity index (χ2v) is 8.14. The molecule has 1 fully saturated rings. The van der Waals surface area contributed by atoms with Crippen molar-refractivity contribution in [2.75, 3.05) is 20.8 Å². The van der Waals surface area contributed by atoms with E-state index < -0.39 is 11.9 Å². The molecule has 1 saturated heterocycles. The van der Waals surface area contributed by atoms with Crippen molar-refractivity contribution in [3.8, 4) is 5.75 Å². The van der Waals surface area contributed by atoms with E-state index in [0.717, 1.165) is 5.56 Å². The van der Waals surface area contributed by atoms with Gasteiger partial charge in [0.05, 0.1) is 27.7 Å². The third-order valence-electron chi connectivity index (χ3n) is 4.15. The van der Waals surface area contributed by atoms with Crippen LogP contribution in [0.15, 0.2) is 56.8 Å². The summed E-state index contributed by atoms with van der Waals surface area (Å²) in [5.74, 6) is -1.29. The minimum Gasteiger partial charge on any atom is -0.481 e. The number of nitrogens with zero attached hydrogens (tertiary/aromatic N) is 2. The van der Waals surface area contributed by atoms with Gasteiger partial charge in [0.1, 0.15) is 5.75 Å². The molecule has 1 amide bonds. The van der Waals surface area contributed by atoms with Gasteiger partial charge in [0, 0.05) is 7.05 Å². The highest BCUT2D eigenvalue weighted by atomic mass is 79.9. The van der Waals surface area contributed by atoms with Gasteiger partial charge in [-0.1, -0.05) is 12.1 Å². The Kier molecular flexibility index (Phi) is 7.13. The lowest BCUT2D eigenvalue weighted by Crippen LogP contribution is -2.23. The van der Waals surface area contributed by atoms with Gasteiger partial charge in [0.25, 0.3) is 5.91 Å². The van der Waals surface area contributed by atoms with E-state index in [1.807, 2.05) is 0 Å². The fourth-order valence-corrected chi connectivity index (χ4v) is 4.04. The Balaban J connectivity index is 1.80. The molecule has 1 N–H and O–H groups in total. The molecule has 0 aromatic heterocycles. The van der Waals surface area contributed by atoms with Gasteiger partial charge in [0.2, 0.25) is 0 Å². The normalized spacial score (nSPS) is 16.1. The van der Waals surface area contributed by atoms with Gasteiger partial charge >= 0.3 is 11.9 Å². The number of likely N-dealkylation sites (N-methyl/N-ethyl adjacent to an activating group) is 1. The quantitative estimate of drug-likeness (QED) is 0.469. The van der Waals surface area contributed by atoms with E-state index >= 15 is 0 Å². The van der Waals surface area contributed by atoms with E-state index in [-0.39, 0.29) is 18.1 Å². The van der Waals surface area contributed by atoms with Crippen molar-refractivity contribution in [1.29, 1.82) is 0 Å². The van der Waals surface area contributed by atoms with Crippen LogP contribution in [0, 0.1) is 0 Å². The van der Waals surface area contributed by atoms with Crippen molar-refractivity contribution in [2.24, 2.45) is 4.99 Å². The van der Waals surface area contributed by atoms with Crippen LogP contribution >= 0.6 is 27.7 Å². The Bertz CT molecular complexity index is 1110. The fraction of sp³-hybridized carbons (Fsp3) is 0.143. The van der Waals surface area contributed by atoms with Gasteiger partial charge in [-0.25, -0.2) is 14.6 Å². The summed E-state index contributed by atoms with van der Waals surface area (Å²) in [4.78, 5) is 41.3. The number of ether oxygens (including phenoxy) is 2. The summed E-state index contributed by atoms with van der Waals surface area (Å²) in [6.45, 7) is -0.211. The molecule has 10 heteroatoms. The van der Waals surface area contributed by atoms with Crippen LogP contribution in [0.2, 0.25) is 0 Å². The molecule has 0 saturated carbocycles. The second kappa shape index (κ2) is 9.80. The zero-order valence-corrected chi connectivity index (χ0v) is 18.9. The van der Waals surface area contributed by atoms with Crippen molar-refractivity contribution in [3.05, 3.63) is 63.0 Å². The molecule has 1 aliphatic heterocycles. The average Bonchev–Trinajstić information content (AvgIpc) is 3.00. The van der Waals surface area contributed by atoms with Gasteiger partial charge in [-0.3, -0.25) is 9.69 Å². The van der Waals surface area contributed by atoms with Crippen LogP contribution in [-0.4, -0.2) is 53.8 Å². The highest BCUT2D eigenvalue weighted by Gasteiger charge is 2.30. The average molecular weight is 505 g/mol. The molecule has 3 rings (SSSR count). The van der Waals surface area contributed by atoms with Crippen molar-refractivity contribution >= 4 is 62.5 Å². The molecule has 31 heavy (non-hydrogen) atoms. The number of rotatable bonds is 6. The van der Waals surface area contributed by atoms with Gasteiger partial charge in [0.15, 0.2) is 11.8 Å². The molecule has 2 aromatic rings. The predicted octanol–water partition coefficient (Wildman–Crippen LogP) is 3.93. The number of hydrogen-bond acceptors (Lipinski definition) is 7. The molecule has 8 nitrogen and oxygen atoms in total. The lowest BCUT2D eigenvalue weighted by Gasteiger charge is -2.08. The molecule has 0 aliphatic carbocycles. The first-order valence-electron chi connectivity index (χ1n) is 8.87. The summed E-state index contributed by atoms with van der Waals surface area (Å²) in [6, 6.07) is 11.4. The smallest absolute Gasteiger partial charge is 0.343 e. The van der Waals surface area contributed by atoms with Crippen LogP contribution in [0.5, 0.6) is 5.75 Å². The van der Waals surface area contributed by atoms with E-state index in [1.165, 1.54) is 35.9 Å². The molecule has 0 radical (unpaired) electrons. The van der Waals surface area contributed by atoms with E-state index in [4.69, 9.17) is 9.84 Å². The van der Waals surface area contributed by atoms with Crippen LogP contribution in [0.4, 0.5) is 5.69 Å². The number of benzene rings is 2. The van der Waals surface area contributed by atoms with Crippen molar-refractivity contribution in [1.82, 2.24) is 4.90 Å². The van der Waals surface area contributed by atoms with Crippen LogP contribution in [-0.2, 0) is 14.3 Å². The predicted molar refractivity (Wildman–Crippen MR) is 120 cm³/mol. The molecule has 0 atom stereocenters. The molecule has 160 valence electrons. The number of carboxylic acids is 1. The first kappa shape index (κ1) is 22.6. The van der Waals surface area contributed by atoms with Crippen LogP contribution in [0.1, 0.15) is 15.9 Å². The monoisotopic (exact) mass is 504 g/mol. The molecular weight excluding hydrogens is 488 g/mol. The van der Waals surface area contributed by atoms with E-state index in [1.54, 1.807) is 43.5 Å². The number of thioether (sulfide) groups is 1. The van der Waals surface area contributed by atoms with Gasteiger partial charge in [-0.15, -0.1) is 0 Å². The third-order valence-corrected chi connectivity index (χ3v) is 5.83. The lowest BCUT2D eigenvalue weighted by molar-refractivity contribution is -0.142. The Morgan fingerprint density at radius 1 is 1.26 bits per heavy atom. The van der Waals surface area contributed by atoms with Crippen molar-refractivity contribution in [3.63, 3.8) is 0 Å². The number of amidine groups is 1. The topological polar surface area (TPSA) is 106 Å².